The van der Waals surface area contributed by atoms with E-state index in [1.165, 1.54) is 0 Å². The van der Waals surface area contributed by atoms with Gasteiger partial charge in [0.1, 0.15) is 6.67 Å². The third-order valence-corrected chi connectivity index (χ3v) is 1.89. The van der Waals surface area contributed by atoms with Gasteiger partial charge in [-0.25, -0.2) is 4.79 Å². The van der Waals surface area contributed by atoms with Crippen molar-refractivity contribution in [3.8, 4) is 0 Å². The van der Waals surface area contributed by atoms with Crippen LogP contribution in [0.5, 0.6) is 0 Å². The van der Waals surface area contributed by atoms with Gasteiger partial charge in [0.25, 0.3) is 0 Å². The van der Waals surface area contributed by atoms with E-state index in [-0.39, 0.29) is 12.1 Å². The van der Waals surface area contributed by atoms with Crippen LogP contribution in [0.2, 0.25) is 0 Å². The molecule has 1 unspecified atom stereocenters. The number of urea groups is 1. The molecule has 2 aliphatic rings. The van der Waals surface area contributed by atoms with Crippen molar-refractivity contribution in [1.82, 2.24) is 10.2 Å². The van der Waals surface area contributed by atoms with E-state index in [4.69, 9.17) is 0 Å². The molecule has 2 amide bonds. The molecule has 0 saturated carbocycles. The van der Waals surface area contributed by atoms with Gasteiger partial charge in [-0.15, -0.1) is 0 Å². The molecule has 0 aromatic rings. The monoisotopic (exact) mass is 139 g/mol. The Morgan fingerprint density at radius 1 is 1.80 bits per heavy atom. The number of fused-ring (bicyclic) bond motifs is 1. The minimum absolute atomic E-state index is 0.0220. The van der Waals surface area contributed by atoms with Crippen LogP contribution in [0.25, 0.3) is 0 Å². The fourth-order valence-corrected chi connectivity index (χ4v) is 1.32. The Hall–Kier alpha value is -1.06. The number of aliphatic imine (C=N–C) groups is 1. The zero-order chi connectivity index (χ0) is 6.97. The highest BCUT2D eigenvalue weighted by molar-refractivity contribution is 5.82. The molecular formula is C6H9N3O. The molecule has 2 aliphatic heterocycles. The largest absolute Gasteiger partial charge is 0.338 e. The molecule has 1 saturated heterocycles. The third kappa shape index (κ3) is 0.683. The van der Waals surface area contributed by atoms with Crippen LogP contribution >= 0.6 is 0 Å². The summed E-state index contributed by atoms with van der Waals surface area (Å²) in [6.45, 7) is 1.32. The molecule has 10 heavy (non-hydrogen) atoms. The van der Waals surface area contributed by atoms with Crippen LogP contribution in [0.15, 0.2) is 4.99 Å². The Bertz CT molecular complexity index is 189. The molecule has 0 radical (unpaired) electrons. The van der Waals surface area contributed by atoms with Crippen LogP contribution < -0.4 is 5.32 Å². The molecular weight excluding hydrogens is 130 g/mol. The number of nitrogens with zero attached hydrogens (tertiary/aromatic N) is 2. The lowest BCUT2D eigenvalue weighted by molar-refractivity contribution is 0.183. The van der Waals surface area contributed by atoms with Crippen molar-refractivity contribution in [2.75, 3.05) is 13.2 Å². The Morgan fingerprint density at radius 2 is 2.70 bits per heavy atom. The van der Waals surface area contributed by atoms with Crippen LogP contribution in [-0.4, -0.2) is 36.4 Å². The number of amides is 2. The van der Waals surface area contributed by atoms with E-state index in [1.54, 1.807) is 4.90 Å². The van der Waals surface area contributed by atoms with Gasteiger partial charge in [0.2, 0.25) is 0 Å². The second kappa shape index (κ2) is 1.97. The summed E-state index contributed by atoms with van der Waals surface area (Å²) in [4.78, 5) is 16.8. The molecule has 0 spiro atoms. The lowest BCUT2D eigenvalue weighted by Crippen LogP contribution is -2.50. The van der Waals surface area contributed by atoms with E-state index in [0.29, 0.717) is 6.67 Å². The number of hydrogen-bond acceptors (Lipinski definition) is 2. The van der Waals surface area contributed by atoms with Gasteiger partial charge in [0, 0.05) is 12.8 Å². The third-order valence-electron chi connectivity index (χ3n) is 1.89. The fourth-order valence-electron chi connectivity index (χ4n) is 1.32. The number of carbonyl (C=O) groups excluding carboxylic acids is 1. The highest BCUT2D eigenvalue weighted by atomic mass is 16.2. The summed E-state index contributed by atoms with van der Waals surface area (Å²) in [5, 5.41) is 2.76. The van der Waals surface area contributed by atoms with E-state index >= 15 is 0 Å². The molecule has 2 rings (SSSR count). The van der Waals surface area contributed by atoms with Crippen molar-refractivity contribution in [2.24, 2.45) is 4.99 Å². The van der Waals surface area contributed by atoms with Crippen LogP contribution in [0, 0.1) is 0 Å². The summed E-state index contributed by atoms with van der Waals surface area (Å²) in [7, 11) is 0. The summed E-state index contributed by atoms with van der Waals surface area (Å²) < 4.78 is 0. The SMILES string of the molecule is O=C1NCCC2C=NCN12. The second-order valence-electron chi connectivity index (χ2n) is 2.53. The topological polar surface area (TPSA) is 44.7 Å². The Morgan fingerprint density at radius 3 is 3.50 bits per heavy atom. The Balaban J connectivity index is 2.14. The van der Waals surface area contributed by atoms with Crippen LogP contribution in [-0.2, 0) is 0 Å². The van der Waals surface area contributed by atoms with Gasteiger partial charge in [-0.1, -0.05) is 0 Å². The summed E-state index contributed by atoms with van der Waals surface area (Å²) in [5.74, 6) is 0. The molecule has 0 aromatic carbocycles. The smallest absolute Gasteiger partial charge is 0.319 e. The van der Waals surface area contributed by atoms with Crippen LogP contribution in [0.1, 0.15) is 6.42 Å². The first-order valence-electron chi connectivity index (χ1n) is 3.42. The summed E-state index contributed by atoms with van der Waals surface area (Å²) in [6.07, 6.45) is 2.86. The van der Waals surface area contributed by atoms with Gasteiger partial charge >= 0.3 is 6.03 Å². The van der Waals surface area contributed by atoms with E-state index < -0.39 is 0 Å². The molecule has 0 aliphatic carbocycles. The van der Waals surface area contributed by atoms with Crippen LogP contribution in [0.3, 0.4) is 0 Å². The molecule has 54 valence electrons. The zero-order valence-electron chi connectivity index (χ0n) is 5.58. The minimum atomic E-state index is 0.0220. The predicted molar refractivity (Wildman–Crippen MR) is 37.0 cm³/mol. The van der Waals surface area contributed by atoms with E-state index in [2.05, 4.69) is 10.3 Å². The van der Waals surface area contributed by atoms with Gasteiger partial charge in [-0.05, 0) is 6.42 Å². The Labute approximate surface area is 58.9 Å². The minimum Gasteiger partial charge on any atom is -0.338 e. The summed E-state index contributed by atoms with van der Waals surface area (Å²) in [5.41, 5.74) is 0. The summed E-state index contributed by atoms with van der Waals surface area (Å²) >= 11 is 0. The van der Waals surface area contributed by atoms with Gasteiger partial charge in [0.15, 0.2) is 0 Å². The molecule has 1 atom stereocenters. The lowest BCUT2D eigenvalue weighted by Gasteiger charge is -2.28. The van der Waals surface area contributed by atoms with Gasteiger partial charge in [-0.3, -0.25) is 9.89 Å². The van der Waals surface area contributed by atoms with Gasteiger partial charge in [-0.2, -0.15) is 0 Å². The maximum absolute atomic E-state index is 11.0. The maximum Gasteiger partial charge on any atom is 0.319 e. The van der Waals surface area contributed by atoms with Crippen molar-refractivity contribution in [3.05, 3.63) is 0 Å². The number of carbonyl (C=O) groups is 1. The van der Waals surface area contributed by atoms with Crippen molar-refractivity contribution in [2.45, 2.75) is 12.5 Å². The first-order valence-corrected chi connectivity index (χ1v) is 3.42. The molecule has 1 N–H and O–H groups in total. The highest BCUT2D eigenvalue weighted by Gasteiger charge is 2.28. The van der Waals surface area contributed by atoms with Crippen molar-refractivity contribution >= 4 is 12.2 Å². The van der Waals surface area contributed by atoms with Gasteiger partial charge < -0.3 is 5.32 Å². The average molecular weight is 139 g/mol. The standard InChI is InChI=1S/C6H9N3O/c10-6-8-2-1-5-3-7-4-9(5)6/h3,5H,1-2,4H2,(H,8,10). The molecule has 4 nitrogen and oxygen atoms in total. The van der Waals surface area contributed by atoms with E-state index in [0.717, 1.165) is 13.0 Å². The quantitative estimate of drug-likeness (QED) is 0.496. The van der Waals surface area contributed by atoms with Gasteiger partial charge in [0.05, 0.1) is 6.04 Å². The van der Waals surface area contributed by atoms with E-state index in [9.17, 15) is 4.79 Å². The highest BCUT2D eigenvalue weighted by Crippen LogP contribution is 2.11. The first kappa shape index (κ1) is 5.70. The maximum atomic E-state index is 11.0. The van der Waals surface area contributed by atoms with E-state index in [1.807, 2.05) is 6.21 Å². The zero-order valence-corrected chi connectivity index (χ0v) is 5.58. The predicted octanol–water partition coefficient (Wildman–Crippen LogP) is -0.188. The fraction of sp³-hybridized carbons (Fsp3) is 0.667. The molecule has 0 bridgehead atoms. The number of hydrogen-bond donors (Lipinski definition) is 1. The number of rotatable bonds is 0. The van der Waals surface area contributed by atoms with Crippen LogP contribution in [0.4, 0.5) is 4.79 Å². The normalized spacial score (nSPS) is 30.2. The molecule has 1 fully saturated rings. The molecule has 2 heterocycles. The van der Waals surface area contributed by atoms with Crippen molar-refractivity contribution in [1.29, 1.82) is 0 Å². The van der Waals surface area contributed by atoms with Crippen molar-refractivity contribution in [3.63, 3.8) is 0 Å². The second-order valence-corrected chi connectivity index (χ2v) is 2.53. The number of nitrogens with one attached hydrogen (secondary N) is 1. The molecule has 4 heteroatoms. The summed E-state index contributed by atoms with van der Waals surface area (Å²) in [6, 6.07) is 0.294. The first-order chi connectivity index (χ1) is 4.88. The lowest BCUT2D eigenvalue weighted by atomic mass is 10.2. The Kier molecular flexibility index (Phi) is 1.12. The van der Waals surface area contributed by atoms with Crippen molar-refractivity contribution < 1.29 is 4.79 Å². The average Bonchev–Trinajstić information content (AvgIpc) is 2.36. The molecule has 0 aromatic heterocycles.